The van der Waals surface area contributed by atoms with Gasteiger partial charge in [-0.3, -0.25) is 9.79 Å². The Hall–Kier alpha value is -1.64. The Morgan fingerprint density at radius 2 is 1.88 bits per heavy atom. The maximum atomic E-state index is 11.3. The molecule has 1 aromatic rings. The van der Waals surface area contributed by atoms with Crippen molar-refractivity contribution in [2.24, 2.45) is 4.99 Å². The quantitative estimate of drug-likeness (QED) is 0.756. The normalized spacial score (nSPS) is 15.9. The zero-order valence-corrected chi connectivity index (χ0v) is 9.73. The van der Waals surface area contributed by atoms with Crippen LogP contribution in [0, 0.1) is 0 Å². The van der Waals surface area contributed by atoms with Crippen LogP contribution in [-0.2, 0) is 4.79 Å². The summed E-state index contributed by atoms with van der Waals surface area (Å²) in [6.07, 6.45) is 1.08. The van der Waals surface area contributed by atoms with Gasteiger partial charge < -0.3 is 4.90 Å². The summed E-state index contributed by atoms with van der Waals surface area (Å²) in [7, 11) is 4.02. The second-order valence-electron chi connectivity index (χ2n) is 4.24. The van der Waals surface area contributed by atoms with Gasteiger partial charge in [-0.25, -0.2) is 0 Å². The summed E-state index contributed by atoms with van der Waals surface area (Å²) in [4.78, 5) is 17.8. The second kappa shape index (κ2) is 4.47. The van der Waals surface area contributed by atoms with E-state index in [1.165, 1.54) is 0 Å². The fourth-order valence-electron chi connectivity index (χ4n) is 1.79. The molecule has 0 amide bonds. The van der Waals surface area contributed by atoms with Gasteiger partial charge in [0.1, 0.15) is 5.78 Å². The van der Waals surface area contributed by atoms with Gasteiger partial charge in [-0.05, 0) is 17.7 Å². The van der Waals surface area contributed by atoms with Crippen LogP contribution in [0.3, 0.4) is 0 Å². The number of hydrogen-bond donors (Lipinski definition) is 0. The highest BCUT2D eigenvalue weighted by molar-refractivity contribution is 6.12. The number of carbonyl (C=O) groups is 1. The van der Waals surface area contributed by atoms with E-state index >= 15 is 0 Å². The van der Waals surface area contributed by atoms with Crippen LogP contribution in [0.1, 0.15) is 18.4 Å². The molecule has 1 aliphatic rings. The van der Waals surface area contributed by atoms with Gasteiger partial charge in [0.15, 0.2) is 0 Å². The van der Waals surface area contributed by atoms with Crippen molar-refractivity contribution in [2.75, 3.05) is 25.5 Å². The third kappa shape index (κ3) is 2.30. The number of hydrogen-bond acceptors (Lipinski definition) is 3. The van der Waals surface area contributed by atoms with Crippen molar-refractivity contribution in [1.82, 2.24) is 0 Å². The monoisotopic (exact) mass is 216 g/mol. The molecule has 0 radical (unpaired) electrons. The van der Waals surface area contributed by atoms with Crippen molar-refractivity contribution in [3.8, 4) is 0 Å². The Morgan fingerprint density at radius 3 is 2.44 bits per heavy atom. The average molecular weight is 216 g/mol. The Labute approximate surface area is 95.8 Å². The predicted molar refractivity (Wildman–Crippen MR) is 66.4 cm³/mol. The highest BCUT2D eigenvalue weighted by Gasteiger charge is 2.14. The van der Waals surface area contributed by atoms with E-state index in [2.05, 4.69) is 22.0 Å². The Bertz CT molecular complexity index is 418. The highest BCUT2D eigenvalue weighted by atomic mass is 16.1. The van der Waals surface area contributed by atoms with E-state index in [9.17, 15) is 4.79 Å². The van der Waals surface area contributed by atoms with Gasteiger partial charge in [-0.1, -0.05) is 12.1 Å². The average Bonchev–Trinajstić information content (AvgIpc) is 2.29. The molecule has 0 fully saturated rings. The van der Waals surface area contributed by atoms with E-state index < -0.39 is 0 Å². The Balaban J connectivity index is 2.21. The lowest BCUT2D eigenvalue weighted by molar-refractivity contribution is -0.117. The first-order chi connectivity index (χ1) is 7.66. The topological polar surface area (TPSA) is 32.7 Å². The van der Waals surface area contributed by atoms with Crippen molar-refractivity contribution in [2.45, 2.75) is 12.8 Å². The maximum Gasteiger partial charge on any atom is 0.140 e. The first kappa shape index (κ1) is 10.9. The number of aliphatic imine (C=N–C) groups is 1. The molecule has 0 unspecified atom stereocenters. The fraction of sp³-hybridized carbons (Fsp3) is 0.385. The van der Waals surface area contributed by atoms with Gasteiger partial charge in [-0.2, -0.15) is 0 Å². The molecule has 3 nitrogen and oxygen atoms in total. The van der Waals surface area contributed by atoms with E-state index in [-0.39, 0.29) is 0 Å². The summed E-state index contributed by atoms with van der Waals surface area (Å²) in [5.74, 6) is 0.293. The van der Waals surface area contributed by atoms with Gasteiger partial charge in [-0.15, -0.1) is 0 Å². The lowest BCUT2D eigenvalue weighted by Gasteiger charge is -2.14. The number of benzene rings is 1. The molecule has 16 heavy (non-hydrogen) atoms. The standard InChI is InChI=1S/C13H16N2O/c1-15(2)11-5-3-10(4-6-11)13-9-12(16)7-8-14-13/h3-6H,7-9H2,1-2H3. The molecule has 0 bridgehead atoms. The molecule has 1 aromatic carbocycles. The molecule has 84 valence electrons. The summed E-state index contributed by atoms with van der Waals surface area (Å²) < 4.78 is 0. The van der Waals surface area contributed by atoms with Crippen LogP contribution in [0.2, 0.25) is 0 Å². The number of anilines is 1. The SMILES string of the molecule is CN(C)c1ccc(C2=NCCC(=O)C2)cc1. The zero-order valence-electron chi connectivity index (χ0n) is 9.73. The molecule has 3 heteroatoms. The summed E-state index contributed by atoms with van der Waals surface area (Å²) in [6.45, 7) is 0.642. The number of rotatable bonds is 2. The number of nitrogens with zero attached hydrogens (tertiary/aromatic N) is 2. The minimum atomic E-state index is 0.293. The number of carbonyl (C=O) groups excluding carboxylic acids is 1. The molecule has 0 spiro atoms. The predicted octanol–water partition coefficient (Wildman–Crippen LogP) is 1.90. The van der Waals surface area contributed by atoms with Gasteiger partial charge in [0.25, 0.3) is 0 Å². The summed E-state index contributed by atoms with van der Waals surface area (Å²) in [5, 5.41) is 0. The summed E-state index contributed by atoms with van der Waals surface area (Å²) >= 11 is 0. The van der Waals surface area contributed by atoms with Crippen LogP contribution in [-0.4, -0.2) is 32.1 Å². The zero-order chi connectivity index (χ0) is 11.5. The van der Waals surface area contributed by atoms with E-state index in [0.29, 0.717) is 25.2 Å². The first-order valence-corrected chi connectivity index (χ1v) is 5.49. The van der Waals surface area contributed by atoms with E-state index in [0.717, 1.165) is 17.0 Å². The number of ketones is 1. The van der Waals surface area contributed by atoms with Crippen molar-refractivity contribution in [3.63, 3.8) is 0 Å². The van der Waals surface area contributed by atoms with Crippen LogP contribution in [0.4, 0.5) is 5.69 Å². The lowest BCUT2D eigenvalue weighted by atomic mass is 10.0. The van der Waals surface area contributed by atoms with E-state index in [1.807, 2.05) is 26.2 Å². The molecule has 1 heterocycles. The van der Waals surface area contributed by atoms with E-state index in [4.69, 9.17) is 0 Å². The van der Waals surface area contributed by atoms with Gasteiger partial charge >= 0.3 is 0 Å². The summed E-state index contributed by atoms with van der Waals surface area (Å²) in [6, 6.07) is 8.17. The van der Waals surface area contributed by atoms with Gasteiger partial charge in [0, 0.05) is 44.9 Å². The molecule has 1 aliphatic heterocycles. The minimum absolute atomic E-state index is 0.293. The van der Waals surface area contributed by atoms with Crippen LogP contribution in [0.15, 0.2) is 29.3 Å². The largest absolute Gasteiger partial charge is 0.378 e. The second-order valence-corrected chi connectivity index (χ2v) is 4.24. The summed E-state index contributed by atoms with van der Waals surface area (Å²) in [5.41, 5.74) is 3.16. The van der Waals surface area contributed by atoms with Crippen molar-refractivity contribution in [3.05, 3.63) is 29.8 Å². The van der Waals surface area contributed by atoms with Crippen LogP contribution in [0.5, 0.6) is 0 Å². The highest BCUT2D eigenvalue weighted by Crippen LogP contribution is 2.16. The molecular weight excluding hydrogens is 200 g/mol. The molecule has 2 rings (SSSR count). The Morgan fingerprint density at radius 1 is 1.19 bits per heavy atom. The molecule has 0 saturated carbocycles. The fourth-order valence-corrected chi connectivity index (χ4v) is 1.79. The maximum absolute atomic E-state index is 11.3. The third-order valence-electron chi connectivity index (χ3n) is 2.77. The van der Waals surface area contributed by atoms with Crippen molar-refractivity contribution in [1.29, 1.82) is 0 Å². The molecule has 0 aromatic heterocycles. The first-order valence-electron chi connectivity index (χ1n) is 5.49. The lowest BCUT2D eigenvalue weighted by Crippen LogP contribution is -2.16. The molecule has 0 atom stereocenters. The van der Waals surface area contributed by atoms with Crippen LogP contribution >= 0.6 is 0 Å². The van der Waals surface area contributed by atoms with Gasteiger partial charge in [0.05, 0.1) is 0 Å². The van der Waals surface area contributed by atoms with Crippen LogP contribution in [0.25, 0.3) is 0 Å². The number of Topliss-reactive ketones (excluding diaryl/α,β-unsaturated/α-hetero) is 1. The third-order valence-corrected chi connectivity index (χ3v) is 2.77. The van der Waals surface area contributed by atoms with Gasteiger partial charge in [0.2, 0.25) is 0 Å². The van der Waals surface area contributed by atoms with Crippen LogP contribution < -0.4 is 4.90 Å². The minimum Gasteiger partial charge on any atom is -0.378 e. The smallest absolute Gasteiger partial charge is 0.140 e. The van der Waals surface area contributed by atoms with Crippen molar-refractivity contribution >= 4 is 17.2 Å². The molecule has 0 aliphatic carbocycles. The molecule has 0 N–H and O–H groups in total. The molecule has 0 saturated heterocycles. The van der Waals surface area contributed by atoms with Crippen molar-refractivity contribution < 1.29 is 4.79 Å². The van der Waals surface area contributed by atoms with E-state index in [1.54, 1.807) is 0 Å². The molecular formula is C13H16N2O. The Kier molecular flexibility index (Phi) is 3.04.